The summed E-state index contributed by atoms with van der Waals surface area (Å²) in [5.74, 6) is 0.343. The zero-order valence-electron chi connectivity index (χ0n) is 8.92. The van der Waals surface area contributed by atoms with Crippen LogP contribution in [0.4, 0.5) is 0 Å². The van der Waals surface area contributed by atoms with Gasteiger partial charge < -0.3 is 15.6 Å². The van der Waals surface area contributed by atoms with Crippen LogP contribution in [0.15, 0.2) is 16.3 Å². The van der Waals surface area contributed by atoms with Crippen LogP contribution in [0, 0.1) is 0 Å². The molecule has 8 heteroatoms. The molecular weight excluding hydrogens is 242 g/mol. The highest BCUT2D eigenvalue weighted by Crippen LogP contribution is 2.08. The predicted molar refractivity (Wildman–Crippen MR) is 60.3 cm³/mol. The van der Waals surface area contributed by atoms with Gasteiger partial charge in [-0.05, 0) is 0 Å². The number of carbonyl (C=O) groups is 1. The molecule has 0 aliphatic heterocycles. The minimum atomic E-state index is -0.218. The summed E-state index contributed by atoms with van der Waals surface area (Å²) in [5, 5.41) is 8.78. The van der Waals surface area contributed by atoms with Crippen LogP contribution in [-0.2, 0) is 13.0 Å². The van der Waals surface area contributed by atoms with Crippen LogP contribution in [0.5, 0.6) is 0 Å². The van der Waals surface area contributed by atoms with Gasteiger partial charge in [-0.2, -0.15) is 4.98 Å². The quantitative estimate of drug-likeness (QED) is 0.774. The summed E-state index contributed by atoms with van der Waals surface area (Å²) < 4.78 is 4.58. The van der Waals surface area contributed by atoms with Crippen molar-refractivity contribution in [2.45, 2.75) is 13.0 Å². The van der Waals surface area contributed by atoms with Crippen molar-refractivity contribution in [3.8, 4) is 0 Å². The molecule has 2 rings (SSSR count). The fourth-order valence-electron chi connectivity index (χ4n) is 1.19. The number of hydrogen-bond donors (Lipinski definition) is 2. The van der Waals surface area contributed by atoms with Gasteiger partial charge in [-0.25, -0.2) is 4.98 Å². The van der Waals surface area contributed by atoms with Crippen molar-refractivity contribution in [2.24, 2.45) is 5.73 Å². The highest BCUT2D eigenvalue weighted by atomic mass is 32.1. The van der Waals surface area contributed by atoms with E-state index in [2.05, 4.69) is 25.0 Å². The Hall–Kier alpha value is -1.80. The SMILES string of the molecule is NCc1nc(C(=O)NCCc2ncon2)cs1. The molecule has 0 atom stereocenters. The Morgan fingerprint density at radius 1 is 1.59 bits per heavy atom. The zero-order valence-corrected chi connectivity index (χ0v) is 9.74. The molecule has 3 N–H and O–H groups in total. The van der Waals surface area contributed by atoms with E-state index in [1.54, 1.807) is 5.38 Å². The molecule has 0 aromatic carbocycles. The molecule has 0 saturated heterocycles. The smallest absolute Gasteiger partial charge is 0.270 e. The van der Waals surface area contributed by atoms with Gasteiger partial charge in [-0.15, -0.1) is 11.3 Å². The van der Waals surface area contributed by atoms with E-state index in [1.165, 1.54) is 17.7 Å². The molecule has 2 aromatic rings. The highest BCUT2D eigenvalue weighted by Gasteiger charge is 2.09. The third-order valence-corrected chi connectivity index (χ3v) is 2.87. The Kier molecular flexibility index (Phi) is 3.78. The van der Waals surface area contributed by atoms with Crippen molar-refractivity contribution in [2.75, 3.05) is 6.54 Å². The number of nitrogens with zero attached hydrogens (tertiary/aromatic N) is 3. The molecule has 0 spiro atoms. The number of thiazole rings is 1. The van der Waals surface area contributed by atoms with Crippen molar-refractivity contribution in [1.82, 2.24) is 20.4 Å². The van der Waals surface area contributed by atoms with Crippen molar-refractivity contribution >= 4 is 17.2 Å². The highest BCUT2D eigenvalue weighted by molar-refractivity contribution is 7.09. The lowest BCUT2D eigenvalue weighted by atomic mass is 10.4. The number of amides is 1. The first kappa shape index (κ1) is 11.7. The Balaban J connectivity index is 1.81. The van der Waals surface area contributed by atoms with Crippen LogP contribution in [0.3, 0.4) is 0 Å². The monoisotopic (exact) mass is 253 g/mol. The van der Waals surface area contributed by atoms with Crippen LogP contribution < -0.4 is 11.1 Å². The fourth-order valence-corrected chi connectivity index (χ4v) is 1.84. The average Bonchev–Trinajstić information content (AvgIpc) is 2.99. The van der Waals surface area contributed by atoms with Crippen molar-refractivity contribution in [1.29, 1.82) is 0 Å². The maximum absolute atomic E-state index is 11.6. The maximum atomic E-state index is 11.6. The number of aromatic nitrogens is 3. The van der Waals surface area contributed by atoms with Crippen molar-refractivity contribution in [3.63, 3.8) is 0 Å². The summed E-state index contributed by atoms with van der Waals surface area (Å²) in [6, 6.07) is 0. The van der Waals surface area contributed by atoms with Crippen LogP contribution in [0.1, 0.15) is 21.3 Å². The van der Waals surface area contributed by atoms with Crippen molar-refractivity contribution in [3.05, 3.63) is 28.3 Å². The summed E-state index contributed by atoms with van der Waals surface area (Å²) in [4.78, 5) is 19.6. The van der Waals surface area contributed by atoms with E-state index in [0.717, 1.165) is 5.01 Å². The molecule has 0 unspecified atom stereocenters. The molecule has 0 aliphatic carbocycles. The molecule has 0 saturated carbocycles. The topological polar surface area (TPSA) is 107 Å². The van der Waals surface area contributed by atoms with Gasteiger partial charge in [0.2, 0.25) is 6.39 Å². The predicted octanol–water partition coefficient (Wildman–Crippen LogP) is -0.0427. The van der Waals surface area contributed by atoms with Crippen LogP contribution in [0.25, 0.3) is 0 Å². The summed E-state index contributed by atoms with van der Waals surface area (Å²) in [6.07, 6.45) is 1.78. The third-order valence-electron chi connectivity index (χ3n) is 2.00. The second-order valence-corrected chi connectivity index (χ2v) is 4.13. The molecule has 2 heterocycles. The number of nitrogens with two attached hydrogens (primary N) is 1. The molecule has 17 heavy (non-hydrogen) atoms. The summed E-state index contributed by atoms with van der Waals surface area (Å²) in [6.45, 7) is 0.786. The van der Waals surface area contributed by atoms with E-state index in [4.69, 9.17) is 5.73 Å². The normalized spacial score (nSPS) is 10.4. The molecular formula is C9H11N5O2S. The Morgan fingerprint density at radius 2 is 2.47 bits per heavy atom. The number of carbonyl (C=O) groups excluding carboxylic acids is 1. The molecule has 0 radical (unpaired) electrons. The van der Waals surface area contributed by atoms with E-state index < -0.39 is 0 Å². The third kappa shape index (κ3) is 3.08. The molecule has 7 nitrogen and oxygen atoms in total. The lowest BCUT2D eigenvalue weighted by Gasteiger charge is -1.99. The molecule has 0 bridgehead atoms. The Bertz CT molecular complexity index is 481. The van der Waals surface area contributed by atoms with Crippen LogP contribution in [-0.4, -0.2) is 27.6 Å². The van der Waals surface area contributed by atoms with Gasteiger partial charge in [0.05, 0.1) is 0 Å². The van der Waals surface area contributed by atoms with Gasteiger partial charge in [0.25, 0.3) is 5.91 Å². The lowest BCUT2D eigenvalue weighted by molar-refractivity contribution is 0.0949. The van der Waals surface area contributed by atoms with Gasteiger partial charge >= 0.3 is 0 Å². The molecule has 0 aliphatic rings. The first-order valence-electron chi connectivity index (χ1n) is 4.97. The summed E-state index contributed by atoms with van der Waals surface area (Å²) in [5.41, 5.74) is 5.81. The minimum Gasteiger partial charge on any atom is -0.350 e. The molecule has 0 fully saturated rings. The summed E-state index contributed by atoms with van der Waals surface area (Å²) in [7, 11) is 0. The molecule has 90 valence electrons. The Morgan fingerprint density at radius 3 is 3.12 bits per heavy atom. The lowest BCUT2D eigenvalue weighted by Crippen LogP contribution is -2.26. The largest absolute Gasteiger partial charge is 0.350 e. The van der Waals surface area contributed by atoms with Gasteiger partial charge in [-0.3, -0.25) is 4.79 Å². The minimum absolute atomic E-state index is 0.218. The summed E-state index contributed by atoms with van der Waals surface area (Å²) >= 11 is 1.37. The van der Waals surface area contributed by atoms with Gasteiger partial charge in [0, 0.05) is 24.9 Å². The molecule has 2 aromatic heterocycles. The van der Waals surface area contributed by atoms with Gasteiger partial charge in [-0.1, -0.05) is 5.16 Å². The number of rotatable bonds is 5. The first-order valence-corrected chi connectivity index (χ1v) is 5.85. The second-order valence-electron chi connectivity index (χ2n) is 3.18. The van der Waals surface area contributed by atoms with Crippen molar-refractivity contribution < 1.29 is 9.32 Å². The van der Waals surface area contributed by atoms with Crippen LogP contribution in [0.2, 0.25) is 0 Å². The van der Waals surface area contributed by atoms with E-state index >= 15 is 0 Å². The average molecular weight is 253 g/mol. The van der Waals surface area contributed by atoms with E-state index in [-0.39, 0.29) is 5.91 Å². The number of hydrogen-bond acceptors (Lipinski definition) is 7. The maximum Gasteiger partial charge on any atom is 0.270 e. The first-order chi connectivity index (χ1) is 8.29. The zero-order chi connectivity index (χ0) is 12.1. The second kappa shape index (κ2) is 5.51. The van der Waals surface area contributed by atoms with Gasteiger partial charge in [0.1, 0.15) is 10.7 Å². The van der Waals surface area contributed by atoms with E-state index in [9.17, 15) is 4.79 Å². The number of nitrogens with one attached hydrogen (secondary N) is 1. The standard InChI is InChI=1S/C9H11N5O2S/c10-3-8-13-6(4-17-8)9(15)11-2-1-7-12-5-16-14-7/h4-5H,1-3,10H2,(H,11,15). The van der Waals surface area contributed by atoms with Gasteiger partial charge in [0.15, 0.2) is 5.82 Å². The Labute approximate surface area is 101 Å². The van der Waals surface area contributed by atoms with E-state index in [1.807, 2.05) is 0 Å². The van der Waals surface area contributed by atoms with Crippen LogP contribution >= 0.6 is 11.3 Å². The van der Waals surface area contributed by atoms with E-state index in [0.29, 0.717) is 31.0 Å². The fraction of sp³-hybridized carbons (Fsp3) is 0.333. The molecule has 1 amide bonds.